The van der Waals surface area contributed by atoms with E-state index in [0.29, 0.717) is 17.8 Å². The highest BCUT2D eigenvalue weighted by Crippen LogP contribution is 2.39. The molecule has 0 atom stereocenters. The van der Waals surface area contributed by atoms with Crippen molar-refractivity contribution in [3.05, 3.63) is 92.8 Å². The molecular formula is C31H35N3O7. The maximum absolute atomic E-state index is 13.2. The highest BCUT2D eigenvalue weighted by Gasteiger charge is 2.34. The zero-order valence-electron chi connectivity index (χ0n) is 23.6. The molecule has 1 saturated heterocycles. The second-order valence-corrected chi connectivity index (χ2v) is 10.2. The predicted molar refractivity (Wildman–Crippen MR) is 153 cm³/mol. The molecular weight excluding hydrogens is 526 g/mol. The normalized spacial score (nSPS) is 16.5. The van der Waals surface area contributed by atoms with Crippen molar-refractivity contribution in [2.45, 2.75) is 39.5 Å². The summed E-state index contributed by atoms with van der Waals surface area (Å²) in [7, 11) is 1.25. The largest absolute Gasteiger partial charge is 0.466 e. The zero-order valence-corrected chi connectivity index (χ0v) is 23.6. The minimum Gasteiger partial charge on any atom is -0.466 e. The maximum atomic E-state index is 13.2. The molecule has 2 aromatic carbocycles. The second kappa shape index (κ2) is 13.4. The fourth-order valence-electron chi connectivity index (χ4n) is 5.48. The van der Waals surface area contributed by atoms with Crippen LogP contribution in [0.5, 0.6) is 0 Å². The van der Waals surface area contributed by atoms with Gasteiger partial charge >= 0.3 is 11.9 Å². The van der Waals surface area contributed by atoms with Gasteiger partial charge in [-0.05, 0) is 52.3 Å². The van der Waals surface area contributed by atoms with E-state index in [1.165, 1.54) is 13.2 Å². The second-order valence-electron chi connectivity index (χ2n) is 10.2. The van der Waals surface area contributed by atoms with E-state index in [2.05, 4.69) is 4.90 Å². The molecule has 0 aliphatic carbocycles. The Hall–Kier alpha value is -4.31. The Morgan fingerprint density at radius 3 is 2.17 bits per heavy atom. The number of likely N-dealkylation sites (tertiary alicyclic amines) is 1. The topological polar surface area (TPSA) is 119 Å². The van der Waals surface area contributed by atoms with Gasteiger partial charge in [-0.3, -0.25) is 14.9 Å². The molecule has 0 amide bonds. The number of esters is 2. The number of ketones is 1. The number of nitro benzene ring substituents is 1. The van der Waals surface area contributed by atoms with E-state index in [1.54, 1.807) is 36.9 Å². The van der Waals surface area contributed by atoms with E-state index < -0.39 is 16.9 Å². The van der Waals surface area contributed by atoms with Crippen molar-refractivity contribution in [3.63, 3.8) is 0 Å². The number of carbonyl (C=O) groups is 3. The van der Waals surface area contributed by atoms with Crippen LogP contribution in [0.4, 0.5) is 11.4 Å². The number of piperidine rings is 1. The lowest BCUT2D eigenvalue weighted by atomic mass is 9.89. The molecule has 10 nitrogen and oxygen atoms in total. The molecule has 2 aliphatic heterocycles. The van der Waals surface area contributed by atoms with E-state index in [0.717, 1.165) is 38.0 Å². The zero-order chi connectivity index (χ0) is 29.5. The van der Waals surface area contributed by atoms with Gasteiger partial charge in [0.25, 0.3) is 5.69 Å². The van der Waals surface area contributed by atoms with Crippen LogP contribution in [0, 0.1) is 16.0 Å². The molecule has 2 heterocycles. The molecule has 0 unspecified atom stereocenters. The van der Waals surface area contributed by atoms with Gasteiger partial charge in [0.15, 0.2) is 5.78 Å². The van der Waals surface area contributed by atoms with Gasteiger partial charge in [-0.1, -0.05) is 42.5 Å². The Morgan fingerprint density at radius 1 is 0.927 bits per heavy atom. The Labute approximate surface area is 239 Å². The van der Waals surface area contributed by atoms with Gasteiger partial charge in [0.2, 0.25) is 0 Å². The van der Waals surface area contributed by atoms with E-state index in [9.17, 15) is 24.5 Å². The van der Waals surface area contributed by atoms with Crippen LogP contribution in [0.3, 0.4) is 0 Å². The number of anilines is 1. The van der Waals surface area contributed by atoms with Crippen molar-refractivity contribution in [1.29, 1.82) is 0 Å². The van der Waals surface area contributed by atoms with Gasteiger partial charge in [-0.2, -0.15) is 0 Å². The molecule has 0 bridgehead atoms. The number of ether oxygens (including phenoxy) is 2. The maximum Gasteiger partial charge on any atom is 0.336 e. The highest BCUT2D eigenvalue weighted by atomic mass is 16.6. The molecule has 0 N–H and O–H groups in total. The fourth-order valence-corrected chi connectivity index (χ4v) is 5.48. The third-order valence-electron chi connectivity index (χ3n) is 7.76. The van der Waals surface area contributed by atoms with Crippen LogP contribution in [-0.4, -0.2) is 60.9 Å². The third kappa shape index (κ3) is 6.71. The average Bonchev–Trinajstić information content (AvgIpc) is 2.99. The first kappa shape index (κ1) is 29.7. The van der Waals surface area contributed by atoms with Gasteiger partial charge in [-0.15, -0.1) is 0 Å². The van der Waals surface area contributed by atoms with Gasteiger partial charge in [-0.25, -0.2) is 9.59 Å². The smallest absolute Gasteiger partial charge is 0.336 e. The number of methoxy groups -OCH3 is 1. The number of nitro groups is 1. The predicted octanol–water partition coefficient (Wildman–Crippen LogP) is 5.05. The van der Waals surface area contributed by atoms with Gasteiger partial charge in [0, 0.05) is 41.9 Å². The van der Waals surface area contributed by atoms with E-state index in [1.807, 2.05) is 30.3 Å². The molecule has 0 spiro atoms. The molecule has 10 heteroatoms. The summed E-state index contributed by atoms with van der Waals surface area (Å²) in [5.74, 6) is -0.970. The number of hydrogen-bond acceptors (Lipinski definition) is 9. The van der Waals surface area contributed by atoms with E-state index in [-0.39, 0.29) is 47.2 Å². The summed E-state index contributed by atoms with van der Waals surface area (Å²) in [6.07, 6.45) is 2.21. The number of benzene rings is 2. The Balaban J connectivity index is 1.37. The summed E-state index contributed by atoms with van der Waals surface area (Å²) in [4.78, 5) is 53.6. The van der Waals surface area contributed by atoms with Crippen LogP contribution in [0.15, 0.2) is 77.1 Å². The monoisotopic (exact) mass is 561 g/mol. The number of allylic oxidation sites excluding steroid dienone is 2. The third-order valence-corrected chi connectivity index (χ3v) is 7.76. The van der Waals surface area contributed by atoms with Crippen LogP contribution < -0.4 is 4.90 Å². The fraction of sp³-hybridized carbons (Fsp3) is 0.387. The first-order valence-corrected chi connectivity index (χ1v) is 13.7. The first-order valence-electron chi connectivity index (χ1n) is 13.7. The molecule has 4 rings (SSSR count). The van der Waals surface area contributed by atoms with Gasteiger partial charge in [0.05, 0.1) is 29.8 Å². The summed E-state index contributed by atoms with van der Waals surface area (Å²) in [5, 5.41) is 11.7. The van der Waals surface area contributed by atoms with Crippen LogP contribution in [0.25, 0.3) is 0 Å². The molecule has 216 valence electrons. The van der Waals surface area contributed by atoms with Crippen LogP contribution >= 0.6 is 0 Å². The lowest BCUT2D eigenvalue weighted by Crippen LogP contribution is -2.37. The first-order chi connectivity index (χ1) is 19.7. The van der Waals surface area contributed by atoms with E-state index in [4.69, 9.17) is 9.47 Å². The molecule has 2 aliphatic rings. The Morgan fingerprint density at radius 2 is 1.54 bits per heavy atom. The minimum atomic E-state index is -0.613. The van der Waals surface area contributed by atoms with Crippen molar-refractivity contribution in [2.75, 3.05) is 38.3 Å². The summed E-state index contributed by atoms with van der Waals surface area (Å²) in [6, 6.07) is 15.6. The lowest BCUT2D eigenvalue weighted by molar-refractivity contribution is -0.384. The number of carbonyl (C=O) groups excluding carboxylic acids is 3. The van der Waals surface area contributed by atoms with E-state index >= 15 is 0 Å². The standard InChI is InChI=1S/C31H35N3O7/c1-21-25(30(36)40-3)20-26(22(2)33(21)27-12-7-8-13-28(27)34(38)39)31(37)41-19-9-16-32-17-14-24(15-18-32)29(35)23-10-5-4-6-11-23/h4-8,10-13,24H,9,14-20H2,1-3H3. The summed E-state index contributed by atoms with van der Waals surface area (Å²) in [6.45, 7) is 5.88. The minimum absolute atomic E-state index is 0.00323. The molecule has 0 saturated carbocycles. The Kier molecular flexibility index (Phi) is 9.67. The summed E-state index contributed by atoms with van der Waals surface area (Å²) in [5.41, 5.74) is 2.23. The van der Waals surface area contributed by atoms with Crippen molar-refractivity contribution in [3.8, 4) is 0 Å². The van der Waals surface area contributed by atoms with Crippen molar-refractivity contribution in [1.82, 2.24) is 4.90 Å². The summed E-state index contributed by atoms with van der Waals surface area (Å²) < 4.78 is 10.5. The number of Topliss-reactive ketones (excluding diaryl/α,β-unsaturated/α-hetero) is 1. The van der Waals surface area contributed by atoms with Gasteiger partial charge in [0.1, 0.15) is 5.69 Å². The number of nitrogens with zero attached hydrogens (tertiary/aromatic N) is 3. The molecule has 41 heavy (non-hydrogen) atoms. The molecule has 1 fully saturated rings. The van der Waals surface area contributed by atoms with Crippen molar-refractivity contribution < 1.29 is 28.8 Å². The van der Waals surface area contributed by atoms with Crippen LogP contribution in [0.2, 0.25) is 0 Å². The average molecular weight is 562 g/mol. The lowest BCUT2D eigenvalue weighted by Gasteiger charge is -2.33. The molecule has 2 aromatic rings. The van der Waals surface area contributed by atoms with Crippen LogP contribution in [-0.2, 0) is 19.1 Å². The molecule has 0 aromatic heterocycles. The SMILES string of the molecule is COC(=O)C1=C(C)N(c2ccccc2[N+](=O)[O-])C(C)=C(C(=O)OCCCN2CCC(C(=O)c3ccccc3)CC2)C1. The molecule has 0 radical (unpaired) electrons. The Bertz CT molecular complexity index is 1380. The van der Waals surface area contributed by atoms with Crippen molar-refractivity contribution >= 4 is 29.1 Å². The van der Waals surface area contributed by atoms with Crippen molar-refractivity contribution in [2.24, 2.45) is 5.92 Å². The number of para-hydroxylation sites is 2. The van der Waals surface area contributed by atoms with Crippen LogP contribution in [0.1, 0.15) is 49.9 Å². The number of hydrogen-bond donors (Lipinski definition) is 0. The summed E-state index contributed by atoms with van der Waals surface area (Å²) >= 11 is 0. The highest BCUT2D eigenvalue weighted by molar-refractivity contribution is 5.99. The quantitative estimate of drug-likeness (QED) is 0.129. The number of rotatable bonds is 10. The van der Waals surface area contributed by atoms with Gasteiger partial charge < -0.3 is 19.3 Å².